The Labute approximate surface area is 162 Å². The van der Waals surface area contributed by atoms with Crippen LogP contribution >= 0.6 is 0 Å². The van der Waals surface area contributed by atoms with Crippen molar-refractivity contribution in [2.75, 3.05) is 54.1 Å². The smallest absolute Gasteiger partial charge is 0.248 e. The van der Waals surface area contributed by atoms with Crippen LogP contribution in [0.25, 0.3) is 0 Å². The van der Waals surface area contributed by atoms with Gasteiger partial charge in [0.25, 0.3) is 0 Å². The summed E-state index contributed by atoms with van der Waals surface area (Å²) >= 11 is 0. The van der Waals surface area contributed by atoms with E-state index in [4.69, 9.17) is 14.2 Å². The maximum atomic E-state index is 11.5. The molecule has 1 aromatic carbocycles. The van der Waals surface area contributed by atoms with Crippen LogP contribution < -0.4 is 4.74 Å². The first-order valence-corrected chi connectivity index (χ1v) is 9.77. The number of rotatable bonds is 8. The summed E-state index contributed by atoms with van der Waals surface area (Å²) in [6, 6.07) is 8.26. The van der Waals surface area contributed by atoms with Crippen molar-refractivity contribution in [1.82, 2.24) is 9.80 Å². The highest BCUT2D eigenvalue weighted by atomic mass is 16.5. The average Bonchev–Trinajstić information content (AvgIpc) is 2.64. The van der Waals surface area contributed by atoms with Gasteiger partial charge in [0.15, 0.2) is 0 Å². The molecule has 1 aromatic rings. The molecule has 1 unspecified atom stereocenters. The number of amides is 1. The van der Waals surface area contributed by atoms with Gasteiger partial charge in [-0.05, 0) is 42.9 Å². The Morgan fingerprint density at radius 2 is 2.19 bits per heavy atom. The number of ether oxygens (including phenoxy) is 3. The van der Waals surface area contributed by atoms with Crippen LogP contribution in [-0.2, 0) is 20.8 Å². The van der Waals surface area contributed by atoms with Gasteiger partial charge < -0.3 is 19.1 Å². The monoisotopic (exact) mass is 376 g/mol. The largest absolute Gasteiger partial charge is 0.497 e. The van der Waals surface area contributed by atoms with E-state index in [0.717, 1.165) is 51.3 Å². The molecule has 1 spiro atoms. The third kappa shape index (κ3) is 5.43. The van der Waals surface area contributed by atoms with E-state index in [0.29, 0.717) is 12.5 Å². The van der Waals surface area contributed by atoms with Crippen molar-refractivity contribution in [3.05, 3.63) is 29.8 Å². The Hall–Kier alpha value is -1.63. The van der Waals surface area contributed by atoms with Gasteiger partial charge in [0.2, 0.25) is 5.91 Å². The maximum Gasteiger partial charge on any atom is 0.248 e. The lowest BCUT2D eigenvalue weighted by molar-refractivity contribution is -0.182. The first kappa shape index (κ1) is 20.1. The predicted molar refractivity (Wildman–Crippen MR) is 104 cm³/mol. The molecule has 2 heterocycles. The zero-order chi connectivity index (χ0) is 19.3. The minimum absolute atomic E-state index is 0.0151. The fraction of sp³-hybridized carbons (Fsp3) is 0.667. The van der Waals surface area contributed by atoms with Crippen LogP contribution in [0.3, 0.4) is 0 Å². The zero-order valence-electron chi connectivity index (χ0n) is 16.8. The molecule has 1 amide bonds. The lowest BCUT2D eigenvalue weighted by atomic mass is 9.79. The maximum absolute atomic E-state index is 11.5. The van der Waals surface area contributed by atoms with Crippen molar-refractivity contribution in [2.24, 2.45) is 5.92 Å². The molecule has 6 heteroatoms. The molecule has 2 aliphatic rings. The van der Waals surface area contributed by atoms with E-state index in [1.165, 1.54) is 5.56 Å². The molecule has 2 fully saturated rings. The van der Waals surface area contributed by atoms with E-state index < -0.39 is 0 Å². The third-order valence-corrected chi connectivity index (χ3v) is 5.55. The van der Waals surface area contributed by atoms with Crippen molar-refractivity contribution in [2.45, 2.75) is 31.4 Å². The highest BCUT2D eigenvalue weighted by Gasteiger charge is 2.47. The first-order valence-electron chi connectivity index (χ1n) is 9.77. The molecule has 0 bridgehead atoms. The lowest BCUT2D eigenvalue weighted by Gasteiger charge is -2.53. The van der Waals surface area contributed by atoms with Crippen molar-refractivity contribution >= 4 is 5.91 Å². The summed E-state index contributed by atoms with van der Waals surface area (Å²) < 4.78 is 17.0. The predicted octanol–water partition coefficient (Wildman–Crippen LogP) is 2.17. The van der Waals surface area contributed by atoms with E-state index in [1.807, 2.05) is 12.1 Å². The summed E-state index contributed by atoms with van der Waals surface area (Å²) in [5, 5.41) is 0. The molecule has 150 valence electrons. The standard InChI is InChI=1S/C21H32N2O4/c1-22(2)20(24)14-26-9-7-17-8-10-27-21(12-17)15-23(16-21)13-18-5-4-6-19(11-18)25-3/h4-6,11,17H,7-10,12-16H2,1-3H3. The molecule has 0 aromatic heterocycles. The van der Waals surface area contributed by atoms with E-state index >= 15 is 0 Å². The van der Waals surface area contributed by atoms with Crippen LogP contribution in [0.15, 0.2) is 24.3 Å². The van der Waals surface area contributed by atoms with Gasteiger partial charge in [-0.25, -0.2) is 0 Å². The Balaban J connectivity index is 1.39. The fourth-order valence-corrected chi connectivity index (χ4v) is 4.04. The van der Waals surface area contributed by atoms with E-state index in [9.17, 15) is 4.79 Å². The number of hydrogen-bond donors (Lipinski definition) is 0. The van der Waals surface area contributed by atoms with Crippen molar-refractivity contribution < 1.29 is 19.0 Å². The second-order valence-electron chi connectivity index (χ2n) is 8.02. The highest BCUT2D eigenvalue weighted by Crippen LogP contribution is 2.38. The number of hydrogen-bond acceptors (Lipinski definition) is 5. The fourth-order valence-electron chi connectivity index (χ4n) is 4.04. The Bertz CT molecular complexity index is 628. The molecular formula is C21H32N2O4. The number of carbonyl (C=O) groups is 1. The van der Waals surface area contributed by atoms with Crippen LogP contribution in [-0.4, -0.2) is 75.4 Å². The van der Waals surface area contributed by atoms with Crippen LogP contribution in [0.1, 0.15) is 24.8 Å². The zero-order valence-corrected chi connectivity index (χ0v) is 16.8. The van der Waals surface area contributed by atoms with Gasteiger partial charge in [0, 0.05) is 46.9 Å². The van der Waals surface area contributed by atoms with Crippen LogP contribution in [0.2, 0.25) is 0 Å². The molecule has 6 nitrogen and oxygen atoms in total. The summed E-state index contributed by atoms with van der Waals surface area (Å²) in [7, 11) is 5.21. The molecule has 0 radical (unpaired) electrons. The summed E-state index contributed by atoms with van der Waals surface area (Å²) in [5.74, 6) is 1.54. The molecule has 0 aliphatic carbocycles. The molecule has 0 N–H and O–H groups in total. The van der Waals surface area contributed by atoms with Gasteiger partial charge in [-0.15, -0.1) is 0 Å². The minimum atomic E-state index is 0.0151. The second kappa shape index (κ2) is 9.04. The van der Waals surface area contributed by atoms with Gasteiger partial charge >= 0.3 is 0 Å². The van der Waals surface area contributed by atoms with Gasteiger partial charge in [-0.2, -0.15) is 0 Å². The Morgan fingerprint density at radius 3 is 2.93 bits per heavy atom. The van der Waals surface area contributed by atoms with Gasteiger partial charge in [-0.3, -0.25) is 9.69 Å². The van der Waals surface area contributed by atoms with E-state index in [1.54, 1.807) is 26.1 Å². The SMILES string of the molecule is COc1cccc(CN2CC3(CC(CCOCC(=O)N(C)C)CCO3)C2)c1. The second-order valence-corrected chi connectivity index (χ2v) is 8.02. The number of likely N-dealkylation sites (N-methyl/N-ethyl adjacent to an activating group) is 1. The molecule has 2 saturated heterocycles. The lowest BCUT2D eigenvalue weighted by Crippen LogP contribution is -2.64. The van der Waals surface area contributed by atoms with Gasteiger partial charge in [0.05, 0.1) is 12.7 Å². The van der Waals surface area contributed by atoms with Gasteiger partial charge in [-0.1, -0.05) is 12.1 Å². The minimum Gasteiger partial charge on any atom is -0.497 e. The van der Waals surface area contributed by atoms with Crippen molar-refractivity contribution in [3.8, 4) is 5.75 Å². The number of benzene rings is 1. The summed E-state index contributed by atoms with van der Waals surface area (Å²) in [6.45, 7) is 4.56. The van der Waals surface area contributed by atoms with Crippen molar-refractivity contribution in [1.29, 1.82) is 0 Å². The summed E-state index contributed by atoms with van der Waals surface area (Å²) in [4.78, 5) is 15.5. The topological polar surface area (TPSA) is 51.2 Å². The number of nitrogens with zero attached hydrogens (tertiary/aromatic N) is 2. The summed E-state index contributed by atoms with van der Waals surface area (Å²) in [6.07, 6.45) is 3.18. The third-order valence-electron chi connectivity index (χ3n) is 5.55. The number of carbonyl (C=O) groups excluding carboxylic acids is 1. The van der Waals surface area contributed by atoms with Crippen molar-refractivity contribution in [3.63, 3.8) is 0 Å². The molecule has 3 rings (SSSR count). The first-order chi connectivity index (χ1) is 13.0. The number of likely N-dealkylation sites (tertiary alicyclic amines) is 1. The quantitative estimate of drug-likeness (QED) is 0.651. The Morgan fingerprint density at radius 1 is 1.37 bits per heavy atom. The van der Waals surface area contributed by atoms with Crippen LogP contribution in [0.5, 0.6) is 5.75 Å². The summed E-state index contributed by atoms with van der Waals surface area (Å²) in [5.41, 5.74) is 1.29. The van der Waals surface area contributed by atoms with E-state index in [-0.39, 0.29) is 18.1 Å². The molecule has 2 aliphatic heterocycles. The molecule has 0 saturated carbocycles. The molecular weight excluding hydrogens is 344 g/mol. The van der Waals surface area contributed by atoms with Gasteiger partial charge in [0.1, 0.15) is 12.4 Å². The van der Waals surface area contributed by atoms with Crippen LogP contribution in [0, 0.1) is 5.92 Å². The van der Waals surface area contributed by atoms with E-state index in [2.05, 4.69) is 17.0 Å². The average molecular weight is 376 g/mol. The molecule has 1 atom stereocenters. The highest BCUT2D eigenvalue weighted by molar-refractivity contribution is 5.76. The normalized spacial score (nSPS) is 21.7. The number of methoxy groups -OCH3 is 1. The Kier molecular flexibility index (Phi) is 6.73. The van der Waals surface area contributed by atoms with Crippen LogP contribution in [0.4, 0.5) is 0 Å². The molecule has 27 heavy (non-hydrogen) atoms.